The molecule has 0 saturated carbocycles. The monoisotopic (exact) mass is 369 g/mol. The predicted octanol–water partition coefficient (Wildman–Crippen LogP) is 4.43. The molecule has 0 fully saturated rings. The number of methoxy groups -OCH3 is 2. The van der Waals surface area contributed by atoms with Gasteiger partial charge in [-0.3, -0.25) is 4.90 Å². The second-order valence-corrected chi connectivity index (χ2v) is 7.16. The van der Waals surface area contributed by atoms with Crippen molar-refractivity contribution in [2.24, 2.45) is 0 Å². The molecule has 1 unspecified atom stereocenters. The van der Waals surface area contributed by atoms with E-state index in [0.717, 1.165) is 48.6 Å². The molecular formula is C20H19NO4S. The Bertz CT molecular complexity index is 1070. The van der Waals surface area contributed by atoms with Crippen molar-refractivity contribution in [2.75, 3.05) is 20.8 Å². The molecule has 3 heterocycles. The van der Waals surface area contributed by atoms with Crippen LogP contribution in [-0.4, -0.2) is 25.7 Å². The summed E-state index contributed by atoms with van der Waals surface area (Å²) in [7, 11) is 3.39. The van der Waals surface area contributed by atoms with Crippen LogP contribution in [0, 0.1) is 4.90 Å². The van der Waals surface area contributed by atoms with E-state index in [2.05, 4.69) is 23.1 Å². The van der Waals surface area contributed by atoms with Gasteiger partial charge in [0.1, 0.15) is 0 Å². The molecule has 1 atom stereocenters. The second-order valence-electron chi connectivity index (χ2n) is 6.83. The summed E-state index contributed by atoms with van der Waals surface area (Å²) in [6, 6.07) is 8.67. The molecule has 2 aliphatic rings. The Hall–Kier alpha value is -2.31. The Balaban J connectivity index is 1.61. The van der Waals surface area contributed by atoms with Gasteiger partial charge >= 0.3 is 4.90 Å². The van der Waals surface area contributed by atoms with Crippen molar-refractivity contribution >= 4 is 23.4 Å². The molecule has 0 radical (unpaired) electrons. The van der Waals surface area contributed by atoms with Crippen LogP contribution in [0.4, 0.5) is 0 Å². The van der Waals surface area contributed by atoms with Gasteiger partial charge in [0.25, 0.3) is 0 Å². The van der Waals surface area contributed by atoms with Crippen molar-refractivity contribution in [1.29, 1.82) is 0 Å². The molecule has 2 aliphatic heterocycles. The molecule has 0 bridgehead atoms. The molecule has 5 nitrogen and oxygen atoms in total. The van der Waals surface area contributed by atoms with Gasteiger partial charge in [-0.25, -0.2) is 0 Å². The zero-order valence-corrected chi connectivity index (χ0v) is 15.5. The van der Waals surface area contributed by atoms with Crippen LogP contribution in [0.1, 0.15) is 28.3 Å². The highest BCUT2D eigenvalue weighted by Crippen LogP contribution is 2.44. The van der Waals surface area contributed by atoms with Gasteiger partial charge in [-0.15, -0.1) is 0 Å². The van der Waals surface area contributed by atoms with Crippen LogP contribution < -0.4 is 9.47 Å². The normalized spacial score (nSPS) is 18.9. The van der Waals surface area contributed by atoms with Gasteiger partial charge in [0.05, 0.1) is 14.2 Å². The van der Waals surface area contributed by atoms with Crippen LogP contribution in [0.2, 0.25) is 0 Å². The molecule has 6 heteroatoms. The average molecular weight is 369 g/mol. The number of ether oxygens (including phenoxy) is 2. The molecule has 2 aromatic carbocycles. The van der Waals surface area contributed by atoms with Crippen LogP contribution >= 0.6 is 12.2 Å². The molecule has 1 aromatic heterocycles. The Morgan fingerprint density at radius 2 is 1.88 bits per heavy atom. The van der Waals surface area contributed by atoms with Crippen molar-refractivity contribution in [1.82, 2.24) is 4.90 Å². The van der Waals surface area contributed by atoms with E-state index >= 15 is 0 Å². The number of nitrogens with zero attached hydrogens (tertiary/aromatic N) is 1. The number of hydrogen-bond donors (Lipinski definition) is 0. The van der Waals surface area contributed by atoms with Gasteiger partial charge < -0.3 is 18.3 Å². The van der Waals surface area contributed by atoms with Crippen molar-refractivity contribution in [2.45, 2.75) is 25.4 Å². The first-order valence-electron chi connectivity index (χ1n) is 8.71. The Kier molecular flexibility index (Phi) is 3.58. The van der Waals surface area contributed by atoms with Crippen LogP contribution in [0.3, 0.4) is 0 Å². The van der Waals surface area contributed by atoms with E-state index in [1.165, 1.54) is 22.3 Å². The standard InChI is InChI=1S/C20H19NO4S/c1-22-16-4-3-11-7-15-13-9-18-17(24-20(26)25-18)8-12(13)5-6-21(15)10-14(11)19(16)23-2/h3-4,8-9,15H,5-7,10H2,1-2H3. The summed E-state index contributed by atoms with van der Waals surface area (Å²) < 4.78 is 22.2. The fourth-order valence-electron chi connectivity index (χ4n) is 4.36. The van der Waals surface area contributed by atoms with E-state index in [1.807, 2.05) is 6.07 Å². The minimum Gasteiger partial charge on any atom is -0.493 e. The molecule has 0 aliphatic carbocycles. The zero-order chi connectivity index (χ0) is 17.8. The van der Waals surface area contributed by atoms with Crippen LogP contribution in [0.5, 0.6) is 11.5 Å². The third-order valence-electron chi connectivity index (χ3n) is 5.58. The van der Waals surface area contributed by atoms with E-state index in [9.17, 15) is 0 Å². The quantitative estimate of drug-likeness (QED) is 0.623. The Labute approximate surface area is 156 Å². The lowest BCUT2D eigenvalue weighted by Crippen LogP contribution is -2.39. The van der Waals surface area contributed by atoms with Gasteiger partial charge in [-0.2, -0.15) is 0 Å². The van der Waals surface area contributed by atoms with Crippen LogP contribution in [0.25, 0.3) is 11.2 Å². The molecular weight excluding hydrogens is 350 g/mol. The van der Waals surface area contributed by atoms with Crippen molar-refractivity contribution < 1.29 is 18.3 Å². The number of benzene rings is 2. The van der Waals surface area contributed by atoms with E-state index < -0.39 is 0 Å². The largest absolute Gasteiger partial charge is 0.493 e. The maximum absolute atomic E-state index is 5.65. The first kappa shape index (κ1) is 15.9. The summed E-state index contributed by atoms with van der Waals surface area (Å²) in [5.41, 5.74) is 6.64. The molecule has 26 heavy (non-hydrogen) atoms. The molecule has 0 N–H and O–H groups in total. The fraction of sp³-hybridized carbons (Fsp3) is 0.350. The number of rotatable bonds is 2. The summed E-state index contributed by atoms with van der Waals surface area (Å²) in [6.07, 6.45) is 1.92. The molecule has 0 amide bonds. The van der Waals surface area contributed by atoms with Gasteiger partial charge in [0, 0.05) is 36.9 Å². The highest BCUT2D eigenvalue weighted by molar-refractivity contribution is 7.71. The molecule has 134 valence electrons. The molecule has 5 rings (SSSR count). The first-order chi connectivity index (χ1) is 12.7. The second kappa shape index (κ2) is 5.86. The summed E-state index contributed by atoms with van der Waals surface area (Å²) in [6.45, 7) is 1.86. The van der Waals surface area contributed by atoms with Gasteiger partial charge in [-0.1, -0.05) is 6.07 Å². The topological polar surface area (TPSA) is 48.0 Å². The minimum atomic E-state index is 0.185. The highest BCUT2D eigenvalue weighted by atomic mass is 32.1. The van der Waals surface area contributed by atoms with E-state index in [1.54, 1.807) is 14.2 Å². The Morgan fingerprint density at radius 3 is 2.65 bits per heavy atom. The Morgan fingerprint density at radius 1 is 1.08 bits per heavy atom. The van der Waals surface area contributed by atoms with Gasteiger partial charge in [-0.05, 0) is 47.7 Å². The summed E-state index contributed by atoms with van der Waals surface area (Å²) in [5, 5.41) is 0. The lowest BCUT2D eigenvalue weighted by atomic mass is 9.83. The average Bonchev–Trinajstić information content (AvgIpc) is 3.02. The first-order valence-corrected chi connectivity index (χ1v) is 9.12. The van der Waals surface area contributed by atoms with Gasteiger partial charge in [0.2, 0.25) is 0 Å². The number of fused-ring (bicyclic) bond motifs is 5. The van der Waals surface area contributed by atoms with E-state index in [-0.39, 0.29) is 4.90 Å². The lowest BCUT2D eigenvalue weighted by molar-refractivity contribution is 0.158. The van der Waals surface area contributed by atoms with E-state index in [0.29, 0.717) is 6.04 Å². The fourth-order valence-corrected chi connectivity index (χ4v) is 4.54. The number of hydrogen-bond acceptors (Lipinski definition) is 6. The summed E-state index contributed by atoms with van der Waals surface area (Å²) >= 11 is 5.04. The summed E-state index contributed by atoms with van der Waals surface area (Å²) in [5.74, 6) is 1.64. The lowest BCUT2D eigenvalue weighted by Gasteiger charge is -2.41. The zero-order valence-electron chi connectivity index (χ0n) is 14.7. The van der Waals surface area contributed by atoms with Crippen molar-refractivity contribution in [3.8, 4) is 11.5 Å². The molecule has 3 aromatic rings. The van der Waals surface area contributed by atoms with Crippen LogP contribution in [0.15, 0.2) is 33.1 Å². The van der Waals surface area contributed by atoms with E-state index in [4.69, 9.17) is 30.5 Å². The van der Waals surface area contributed by atoms with Crippen molar-refractivity contribution in [3.05, 3.63) is 51.4 Å². The third kappa shape index (κ3) is 2.29. The minimum absolute atomic E-state index is 0.185. The van der Waals surface area contributed by atoms with Gasteiger partial charge in [0.15, 0.2) is 22.7 Å². The molecule has 0 spiro atoms. The third-order valence-corrected chi connectivity index (χ3v) is 5.75. The van der Waals surface area contributed by atoms with Crippen molar-refractivity contribution in [3.63, 3.8) is 0 Å². The SMILES string of the molecule is COc1ccc2c(c1OC)CN1CCc3cc4oc(=S)oc4cc3C1C2. The smallest absolute Gasteiger partial charge is 0.363 e. The van der Waals surface area contributed by atoms with Crippen LogP contribution in [-0.2, 0) is 19.4 Å². The highest BCUT2D eigenvalue weighted by Gasteiger charge is 2.34. The maximum atomic E-state index is 5.65. The summed E-state index contributed by atoms with van der Waals surface area (Å²) in [4.78, 5) is 2.69. The predicted molar refractivity (Wildman–Crippen MR) is 99.4 cm³/mol. The maximum Gasteiger partial charge on any atom is 0.363 e. The molecule has 0 saturated heterocycles.